The first-order chi connectivity index (χ1) is 11.2. The molecule has 23 heavy (non-hydrogen) atoms. The van der Waals surface area contributed by atoms with Crippen molar-refractivity contribution >= 4 is 5.91 Å². The van der Waals surface area contributed by atoms with Crippen molar-refractivity contribution in [3.63, 3.8) is 0 Å². The van der Waals surface area contributed by atoms with E-state index in [0.29, 0.717) is 36.9 Å². The van der Waals surface area contributed by atoms with Crippen molar-refractivity contribution in [3.05, 3.63) is 48.0 Å². The van der Waals surface area contributed by atoms with E-state index in [1.807, 2.05) is 6.92 Å². The molecule has 1 amide bonds. The van der Waals surface area contributed by atoms with E-state index < -0.39 is 5.82 Å². The summed E-state index contributed by atoms with van der Waals surface area (Å²) in [6.45, 7) is 4.62. The zero-order chi connectivity index (χ0) is 16.2. The number of benzene rings is 1. The molecule has 2 aromatic rings. The molecule has 1 aliphatic heterocycles. The molecule has 0 saturated carbocycles. The molecule has 0 N–H and O–H groups in total. The van der Waals surface area contributed by atoms with Gasteiger partial charge < -0.3 is 9.64 Å². The minimum Gasteiger partial charge on any atom is -0.381 e. The van der Waals surface area contributed by atoms with Gasteiger partial charge in [0.15, 0.2) is 0 Å². The van der Waals surface area contributed by atoms with E-state index >= 15 is 0 Å². The second kappa shape index (κ2) is 6.91. The molecule has 1 saturated heterocycles. The summed E-state index contributed by atoms with van der Waals surface area (Å²) in [4.78, 5) is 14.4. The zero-order valence-electron chi connectivity index (χ0n) is 13.1. The Kier molecular flexibility index (Phi) is 4.71. The first kappa shape index (κ1) is 15.7. The van der Waals surface area contributed by atoms with Crippen LogP contribution in [0.5, 0.6) is 0 Å². The smallest absolute Gasteiger partial charge is 0.253 e. The topological polar surface area (TPSA) is 47.4 Å². The van der Waals surface area contributed by atoms with Crippen molar-refractivity contribution in [2.24, 2.45) is 5.92 Å². The van der Waals surface area contributed by atoms with Crippen LogP contribution in [0.3, 0.4) is 0 Å². The molecule has 0 radical (unpaired) electrons. The maximum absolute atomic E-state index is 14.3. The Balaban J connectivity index is 1.77. The highest BCUT2D eigenvalue weighted by Gasteiger charge is 2.23. The van der Waals surface area contributed by atoms with Crippen molar-refractivity contribution in [3.8, 4) is 5.69 Å². The van der Waals surface area contributed by atoms with Crippen molar-refractivity contribution in [2.75, 3.05) is 26.3 Å². The standard InChI is InChI=1S/C17H20FN3O2/c1-2-20(11-13-6-9-23-12-13)17(22)14-4-5-16(15(18)10-14)21-8-3-7-19-21/h3-5,7-8,10,13H,2,6,9,11-12H2,1H3. The van der Waals surface area contributed by atoms with Gasteiger partial charge in [0.2, 0.25) is 0 Å². The van der Waals surface area contributed by atoms with Crippen LogP contribution in [0.25, 0.3) is 5.69 Å². The highest BCUT2D eigenvalue weighted by atomic mass is 19.1. The predicted molar refractivity (Wildman–Crippen MR) is 84.0 cm³/mol. The van der Waals surface area contributed by atoms with Crippen LogP contribution in [0.15, 0.2) is 36.7 Å². The summed E-state index contributed by atoms with van der Waals surface area (Å²) in [6, 6.07) is 6.24. The number of hydrogen-bond donors (Lipinski definition) is 0. The predicted octanol–water partition coefficient (Wildman–Crippen LogP) is 2.51. The third-order valence-corrected chi connectivity index (χ3v) is 4.12. The molecule has 1 aliphatic rings. The van der Waals surface area contributed by atoms with Gasteiger partial charge in [0, 0.05) is 43.6 Å². The molecule has 1 aromatic carbocycles. The summed E-state index contributed by atoms with van der Waals surface area (Å²) in [5, 5.41) is 4.01. The van der Waals surface area contributed by atoms with Crippen LogP contribution in [0.4, 0.5) is 4.39 Å². The van der Waals surface area contributed by atoms with Crippen LogP contribution >= 0.6 is 0 Å². The molecule has 1 aromatic heterocycles. The van der Waals surface area contributed by atoms with Crippen molar-refractivity contribution in [1.82, 2.24) is 14.7 Å². The van der Waals surface area contributed by atoms with Gasteiger partial charge in [-0.2, -0.15) is 5.10 Å². The molecular weight excluding hydrogens is 297 g/mol. The number of rotatable bonds is 5. The Bertz CT molecular complexity index is 666. The maximum Gasteiger partial charge on any atom is 0.253 e. The Hall–Kier alpha value is -2.21. The van der Waals surface area contributed by atoms with Crippen LogP contribution in [-0.4, -0.2) is 46.9 Å². The molecule has 0 bridgehead atoms. The second-order valence-electron chi connectivity index (χ2n) is 5.69. The number of halogens is 1. The fourth-order valence-electron chi connectivity index (χ4n) is 2.81. The monoisotopic (exact) mass is 317 g/mol. The lowest BCUT2D eigenvalue weighted by Gasteiger charge is -2.24. The highest BCUT2D eigenvalue weighted by molar-refractivity contribution is 5.94. The van der Waals surface area contributed by atoms with Gasteiger partial charge in [0.1, 0.15) is 11.5 Å². The number of hydrogen-bond acceptors (Lipinski definition) is 3. The third kappa shape index (κ3) is 3.42. The van der Waals surface area contributed by atoms with Crippen molar-refractivity contribution in [2.45, 2.75) is 13.3 Å². The van der Waals surface area contributed by atoms with Gasteiger partial charge >= 0.3 is 0 Å². The van der Waals surface area contributed by atoms with E-state index in [4.69, 9.17) is 4.74 Å². The van der Waals surface area contributed by atoms with E-state index in [9.17, 15) is 9.18 Å². The Morgan fingerprint density at radius 1 is 1.52 bits per heavy atom. The Labute approximate surface area is 134 Å². The maximum atomic E-state index is 14.3. The van der Waals surface area contributed by atoms with Gasteiger partial charge in [-0.25, -0.2) is 9.07 Å². The average molecular weight is 317 g/mol. The van der Waals surface area contributed by atoms with Gasteiger partial charge in [-0.3, -0.25) is 4.79 Å². The van der Waals surface area contributed by atoms with Gasteiger partial charge in [-0.15, -0.1) is 0 Å². The molecule has 6 heteroatoms. The first-order valence-electron chi connectivity index (χ1n) is 7.85. The number of amides is 1. The summed E-state index contributed by atoms with van der Waals surface area (Å²) in [6.07, 6.45) is 4.22. The second-order valence-corrected chi connectivity index (χ2v) is 5.69. The lowest BCUT2D eigenvalue weighted by Crippen LogP contribution is -2.35. The Morgan fingerprint density at radius 3 is 3.00 bits per heavy atom. The van der Waals surface area contributed by atoms with Gasteiger partial charge in [-0.1, -0.05) is 0 Å². The Morgan fingerprint density at radius 2 is 2.39 bits per heavy atom. The third-order valence-electron chi connectivity index (χ3n) is 4.12. The first-order valence-corrected chi connectivity index (χ1v) is 7.85. The van der Waals surface area contributed by atoms with Crippen LogP contribution in [0, 0.1) is 11.7 Å². The molecule has 0 aliphatic carbocycles. The van der Waals surface area contributed by atoms with E-state index in [1.54, 1.807) is 35.5 Å². The SMILES string of the molecule is CCN(CC1CCOC1)C(=O)c1ccc(-n2cccn2)c(F)c1. The largest absolute Gasteiger partial charge is 0.381 e. The quantitative estimate of drug-likeness (QED) is 0.851. The summed E-state index contributed by atoms with van der Waals surface area (Å²) in [5.74, 6) is -0.239. The van der Waals surface area contributed by atoms with Crippen LogP contribution in [-0.2, 0) is 4.74 Å². The lowest BCUT2D eigenvalue weighted by atomic mass is 10.1. The van der Waals surface area contributed by atoms with E-state index in [0.717, 1.165) is 13.0 Å². The van der Waals surface area contributed by atoms with Gasteiger partial charge in [0.05, 0.1) is 6.61 Å². The molecule has 1 atom stereocenters. The summed E-state index contributed by atoms with van der Waals surface area (Å²) >= 11 is 0. The molecule has 2 heterocycles. The summed E-state index contributed by atoms with van der Waals surface area (Å²) in [7, 11) is 0. The van der Waals surface area contributed by atoms with E-state index in [-0.39, 0.29) is 5.91 Å². The molecule has 1 unspecified atom stereocenters. The molecule has 5 nitrogen and oxygen atoms in total. The fourth-order valence-corrected chi connectivity index (χ4v) is 2.81. The van der Waals surface area contributed by atoms with Gasteiger partial charge in [0.25, 0.3) is 5.91 Å². The van der Waals surface area contributed by atoms with Crippen LogP contribution in [0.1, 0.15) is 23.7 Å². The minimum absolute atomic E-state index is 0.148. The van der Waals surface area contributed by atoms with Gasteiger partial charge in [-0.05, 0) is 37.6 Å². The van der Waals surface area contributed by atoms with Crippen LogP contribution < -0.4 is 0 Å². The highest BCUT2D eigenvalue weighted by Crippen LogP contribution is 2.18. The number of nitrogens with zero attached hydrogens (tertiary/aromatic N) is 3. The molecule has 0 spiro atoms. The normalized spacial score (nSPS) is 17.4. The number of carbonyl (C=O) groups is 1. The van der Waals surface area contributed by atoms with E-state index in [2.05, 4.69) is 5.10 Å². The zero-order valence-corrected chi connectivity index (χ0v) is 13.1. The summed E-state index contributed by atoms with van der Waals surface area (Å²) < 4.78 is 21.1. The number of carbonyl (C=O) groups excluding carboxylic acids is 1. The fraction of sp³-hybridized carbons (Fsp3) is 0.412. The molecule has 122 valence electrons. The lowest BCUT2D eigenvalue weighted by molar-refractivity contribution is 0.0730. The molecule has 3 rings (SSSR count). The number of ether oxygens (including phenoxy) is 1. The van der Waals surface area contributed by atoms with Crippen LogP contribution in [0.2, 0.25) is 0 Å². The van der Waals surface area contributed by atoms with Crippen molar-refractivity contribution < 1.29 is 13.9 Å². The minimum atomic E-state index is -0.459. The molecular formula is C17H20FN3O2. The van der Waals surface area contributed by atoms with Crippen molar-refractivity contribution in [1.29, 1.82) is 0 Å². The van der Waals surface area contributed by atoms with E-state index in [1.165, 1.54) is 10.7 Å². The number of aromatic nitrogens is 2. The summed E-state index contributed by atoms with van der Waals surface area (Å²) in [5.41, 5.74) is 0.693. The molecule has 1 fully saturated rings. The average Bonchev–Trinajstić information content (AvgIpc) is 3.25.